The molecule has 0 aliphatic carbocycles. The van der Waals surface area contributed by atoms with Gasteiger partial charge in [0.15, 0.2) is 0 Å². The number of rotatable bonds is 3. The minimum atomic E-state index is -2.37. The molecular formula is C10H20N7O2P. The fourth-order valence-electron chi connectivity index (χ4n) is 3.37. The van der Waals surface area contributed by atoms with Crippen molar-refractivity contribution in [3.63, 3.8) is 0 Å². The quantitative estimate of drug-likeness (QED) is 0.454. The van der Waals surface area contributed by atoms with Gasteiger partial charge in [0.2, 0.25) is 0 Å². The van der Waals surface area contributed by atoms with E-state index in [9.17, 15) is 10.1 Å². The van der Waals surface area contributed by atoms with Crippen LogP contribution in [0.4, 0.5) is 5.95 Å². The predicted octanol–water partition coefficient (Wildman–Crippen LogP) is 0.417. The molecule has 9 nitrogen and oxygen atoms in total. The second-order valence-electron chi connectivity index (χ2n) is 5.38. The van der Waals surface area contributed by atoms with Crippen LogP contribution in [-0.2, 0) is 0 Å². The molecule has 3 heterocycles. The maximum absolute atomic E-state index is 10.9. The molecule has 0 saturated carbocycles. The molecule has 20 heavy (non-hydrogen) atoms. The SMILES string of the molecule is CN1CCN(C)[PH]1(N1CCCC1)n1cnc([N+](=O)[O-])n1. The molecule has 0 atom stereocenters. The average molecular weight is 301 g/mol. The van der Waals surface area contributed by atoms with Gasteiger partial charge in [-0.25, -0.2) is 0 Å². The topological polar surface area (TPSA) is 83.6 Å². The molecule has 0 spiro atoms. The molecule has 0 unspecified atom stereocenters. The number of aromatic nitrogens is 3. The van der Waals surface area contributed by atoms with Crippen LogP contribution in [0.1, 0.15) is 12.8 Å². The minimum absolute atomic E-state index is 0.315. The van der Waals surface area contributed by atoms with Gasteiger partial charge in [-0.3, -0.25) is 0 Å². The Labute approximate surface area is 117 Å². The van der Waals surface area contributed by atoms with Crippen molar-refractivity contribution in [3.05, 3.63) is 16.4 Å². The second kappa shape index (κ2) is 5.00. The number of nitro groups is 1. The van der Waals surface area contributed by atoms with E-state index >= 15 is 0 Å². The van der Waals surface area contributed by atoms with E-state index in [1.807, 2.05) is 0 Å². The standard InChI is InChI=1S/C10H20N7O2P/c1-13-7-8-14(2)20(13,15-5-3-4-6-15)16-9-11-10(12-16)17(18)19/h9,20H,3-8H2,1-2H3. The van der Waals surface area contributed by atoms with Crippen LogP contribution in [-0.4, -0.2) is 73.7 Å². The summed E-state index contributed by atoms with van der Waals surface area (Å²) >= 11 is 0. The van der Waals surface area contributed by atoms with Gasteiger partial charge in [0.25, 0.3) is 0 Å². The van der Waals surface area contributed by atoms with E-state index in [2.05, 4.69) is 38.2 Å². The average Bonchev–Trinajstić information content (AvgIpc) is 3.11. The van der Waals surface area contributed by atoms with Crippen LogP contribution in [0.5, 0.6) is 0 Å². The van der Waals surface area contributed by atoms with Crippen molar-refractivity contribution in [2.45, 2.75) is 12.8 Å². The van der Waals surface area contributed by atoms with E-state index in [1.165, 1.54) is 19.2 Å². The van der Waals surface area contributed by atoms with Gasteiger partial charge < -0.3 is 0 Å². The molecular weight excluding hydrogens is 281 g/mol. The molecule has 2 aliphatic heterocycles. The summed E-state index contributed by atoms with van der Waals surface area (Å²) in [6, 6.07) is 0. The zero-order valence-corrected chi connectivity index (χ0v) is 12.8. The molecule has 3 rings (SSSR count). The van der Waals surface area contributed by atoms with E-state index in [4.69, 9.17) is 0 Å². The molecule has 1 aromatic rings. The Hall–Kier alpha value is -1.15. The first kappa shape index (κ1) is 13.8. The Morgan fingerprint density at radius 1 is 1.20 bits per heavy atom. The van der Waals surface area contributed by atoms with Crippen LogP contribution in [0.15, 0.2) is 6.33 Å². The summed E-state index contributed by atoms with van der Waals surface area (Å²) in [5, 5.41) is 15.0. The first-order chi connectivity index (χ1) is 9.56. The van der Waals surface area contributed by atoms with Crippen LogP contribution >= 0.6 is 7.87 Å². The van der Waals surface area contributed by atoms with Crippen molar-refractivity contribution in [1.82, 2.24) is 28.5 Å². The van der Waals surface area contributed by atoms with E-state index < -0.39 is 12.8 Å². The van der Waals surface area contributed by atoms with Gasteiger partial charge in [-0.2, -0.15) is 0 Å². The molecule has 0 radical (unpaired) electrons. The Morgan fingerprint density at radius 3 is 2.30 bits per heavy atom. The fraction of sp³-hybridized carbons (Fsp3) is 0.800. The molecule has 0 amide bonds. The summed E-state index contributed by atoms with van der Waals surface area (Å²) in [5.74, 6) is -0.315. The van der Waals surface area contributed by atoms with Crippen LogP contribution in [0, 0.1) is 10.1 Å². The van der Waals surface area contributed by atoms with Gasteiger partial charge in [-0.05, 0) is 0 Å². The Balaban J connectivity index is 2.06. The molecule has 112 valence electrons. The summed E-state index contributed by atoms with van der Waals surface area (Å²) in [5.41, 5.74) is 0. The monoisotopic (exact) mass is 301 g/mol. The number of hydrogen-bond donors (Lipinski definition) is 0. The normalized spacial score (nSPS) is 26.1. The third-order valence-corrected chi connectivity index (χ3v) is 8.90. The Bertz CT molecular complexity index is 505. The Morgan fingerprint density at radius 2 is 1.80 bits per heavy atom. The number of nitrogens with zero attached hydrogens (tertiary/aromatic N) is 7. The molecule has 10 heteroatoms. The summed E-state index contributed by atoms with van der Waals surface area (Å²) < 4.78 is 8.86. The number of likely N-dealkylation sites (N-methyl/N-ethyl adjacent to an activating group) is 2. The summed E-state index contributed by atoms with van der Waals surface area (Å²) in [4.78, 5) is 14.2. The van der Waals surface area contributed by atoms with Crippen LogP contribution < -0.4 is 0 Å². The van der Waals surface area contributed by atoms with Crippen molar-refractivity contribution < 1.29 is 4.92 Å². The second-order valence-corrected chi connectivity index (χ2v) is 9.20. The van der Waals surface area contributed by atoms with Gasteiger partial charge in [-0.1, -0.05) is 0 Å². The van der Waals surface area contributed by atoms with Gasteiger partial charge in [0, 0.05) is 0 Å². The third kappa shape index (κ3) is 1.85. The molecule has 2 fully saturated rings. The van der Waals surface area contributed by atoms with Crippen molar-refractivity contribution in [3.8, 4) is 0 Å². The van der Waals surface area contributed by atoms with Gasteiger partial charge in [-0.15, -0.1) is 0 Å². The Kier molecular flexibility index (Phi) is 3.45. The summed E-state index contributed by atoms with van der Waals surface area (Å²) in [6.45, 7) is 3.95. The number of hydrogen-bond acceptors (Lipinski definition) is 7. The zero-order chi connectivity index (χ0) is 14.3. The van der Waals surface area contributed by atoms with E-state index in [0.717, 1.165) is 26.2 Å². The van der Waals surface area contributed by atoms with Crippen molar-refractivity contribution in [2.75, 3.05) is 40.3 Å². The van der Waals surface area contributed by atoms with Crippen molar-refractivity contribution in [1.29, 1.82) is 0 Å². The molecule has 2 saturated heterocycles. The molecule has 2 aliphatic rings. The summed E-state index contributed by atoms with van der Waals surface area (Å²) in [6.07, 6.45) is 3.88. The predicted molar refractivity (Wildman–Crippen MR) is 76.5 cm³/mol. The molecule has 1 aromatic heterocycles. The van der Waals surface area contributed by atoms with Crippen molar-refractivity contribution in [2.24, 2.45) is 0 Å². The van der Waals surface area contributed by atoms with E-state index in [0.29, 0.717) is 0 Å². The van der Waals surface area contributed by atoms with E-state index in [-0.39, 0.29) is 5.95 Å². The van der Waals surface area contributed by atoms with Crippen LogP contribution in [0.2, 0.25) is 0 Å². The molecule has 0 N–H and O–H groups in total. The van der Waals surface area contributed by atoms with Crippen LogP contribution in [0.25, 0.3) is 0 Å². The summed E-state index contributed by atoms with van der Waals surface area (Å²) in [7, 11) is 1.80. The van der Waals surface area contributed by atoms with E-state index in [1.54, 1.807) is 4.45 Å². The van der Waals surface area contributed by atoms with Gasteiger partial charge in [0.1, 0.15) is 0 Å². The first-order valence-electron chi connectivity index (χ1n) is 6.81. The molecule has 0 bridgehead atoms. The third-order valence-electron chi connectivity index (χ3n) is 4.28. The first-order valence-corrected chi connectivity index (χ1v) is 8.59. The van der Waals surface area contributed by atoms with Gasteiger partial charge in [0.05, 0.1) is 0 Å². The molecule has 0 aromatic carbocycles. The fourth-order valence-corrected chi connectivity index (χ4v) is 8.06. The van der Waals surface area contributed by atoms with Gasteiger partial charge >= 0.3 is 117 Å². The van der Waals surface area contributed by atoms with Crippen molar-refractivity contribution >= 4 is 13.8 Å². The zero-order valence-electron chi connectivity index (χ0n) is 11.8. The maximum atomic E-state index is 10.9. The van der Waals surface area contributed by atoms with Crippen LogP contribution in [0.3, 0.4) is 0 Å².